The summed E-state index contributed by atoms with van der Waals surface area (Å²) in [4.78, 5) is 0. The Morgan fingerprint density at radius 2 is 1.53 bits per heavy atom. The smallest absolute Gasteiger partial charge is 0.115 e. The predicted molar refractivity (Wildman–Crippen MR) is 150 cm³/mol. The number of rotatable bonds is 5. The topological polar surface area (TPSA) is 43.7 Å². The molecule has 0 amide bonds. The van der Waals surface area contributed by atoms with Crippen molar-refractivity contribution in [3.63, 3.8) is 0 Å². The second kappa shape index (κ2) is 11.4. The molecule has 3 aromatic carbocycles. The summed E-state index contributed by atoms with van der Waals surface area (Å²) in [5.41, 5.74) is 6.02. The summed E-state index contributed by atoms with van der Waals surface area (Å²) in [7, 11) is 0. The van der Waals surface area contributed by atoms with Crippen molar-refractivity contribution in [1.29, 1.82) is 0 Å². The summed E-state index contributed by atoms with van der Waals surface area (Å²) in [6.45, 7) is 4.01. The van der Waals surface area contributed by atoms with E-state index in [1.807, 2.05) is 52.8 Å². The first-order chi connectivity index (χ1) is 17.6. The van der Waals surface area contributed by atoms with Crippen LogP contribution in [0.5, 0.6) is 5.75 Å². The molecule has 4 atom stereocenters. The van der Waals surface area contributed by atoms with Gasteiger partial charge in [-0.3, -0.25) is 0 Å². The van der Waals surface area contributed by atoms with Crippen molar-refractivity contribution in [2.24, 2.45) is 17.3 Å². The predicted octanol–water partition coefficient (Wildman–Crippen LogP) is 8.45. The molecule has 2 fully saturated rings. The van der Waals surface area contributed by atoms with Crippen LogP contribution in [0, 0.1) is 17.3 Å². The van der Waals surface area contributed by atoms with Gasteiger partial charge in [0.25, 0.3) is 0 Å². The Morgan fingerprint density at radius 3 is 2.17 bits per heavy atom. The molecular weight excluding hydrogens is 462 g/mol. The van der Waals surface area contributed by atoms with Crippen LogP contribution in [-0.2, 0) is 19.5 Å². The lowest BCUT2D eigenvalue weighted by Gasteiger charge is -2.49. The normalized spacial score (nSPS) is 26.4. The van der Waals surface area contributed by atoms with Gasteiger partial charge in [0.2, 0.25) is 0 Å². The van der Waals surface area contributed by atoms with Gasteiger partial charge >= 0.3 is 0 Å². The zero-order valence-electron chi connectivity index (χ0n) is 21.4. The highest BCUT2D eigenvalue weighted by Gasteiger charge is 2.50. The SMILES string of the molecule is CC12CCCC1C1CCc3cc(O)ccc3C1CC2.OSN(Cc1ccccc1)Cc1ccccc1. The Labute approximate surface area is 220 Å². The second-order valence-electron chi connectivity index (χ2n) is 11.2. The largest absolute Gasteiger partial charge is 0.508 e. The first kappa shape index (κ1) is 25.4. The quantitative estimate of drug-likeness (QED) is 0.272. The summed E-state index contributed by atoms with van der Waals surface area (Å²) in [5, 5.41) is 9.68. The fraction of sp³-hybridized carbons (Fsp3) is 0.438. The molecule has 0 radical (unpaired) electrons. The van der Waals surface area contributed by atoms with Crippen molar-refractivity contribution < 1.29 is 9.66 Å². The maximum absolute atomic E-state index is 9.68. The van der Waals surface area contributed by atoms with E-state index < -0.39 is 0 Å². The highest BCUT2D eigenvalue weighted by molar-refractivity contribution is 7.91. The van der Waals surface area contributed by atoms with E-state index in [0.29, 0.717) is 11.2 Å². The molecule has 4 heteroatoms. The number of phenolic OH excluding ortho intramolecular Hbond substituents is 1. The summed E-state index contributed by atoms with van der Waals surface area (Å²) in [5.74, 6) is 3.10. The number of benzene rings is 3. The summed E-state index contributed by atoms with van der Waals surface area (Å²) in [6, 6.07) is 26.4. The zero-order chi connectivity index (χ0) is 25.0. The van der Waals surface area contributed by atoms with Gasteiger partial charge in [-0.25, -0.2) is 4.31 Å². The molecule has 3 aliphatic carbocycles. The third-order valence-corrected chi connectivity index (χ3v) is 9.50. The number of phenols is 1. The summed E-state index contributed by atoms with van der Waals surface area (Å²) in [6.07, 6.45) is 9.69. The fourth-order valence-corrected chi connectivity index (χ4v) is 7.66. The van der Waals surface area contributed by atoms with Crippen LogP contribution >= 0.6 is 12.2 Å². The molecule has 3 nitrogen and oxygen atoms in total. The van der Waals surface area contributed by atoms with Gasteiger partial charge in [0.15, 0.2) is 0 Å². The first-order valence-corrected chi connectivity index (χ1v) is 14.2. The third kappa shape index (κ3) is 5.66. The van der Waals surface area contributed by atoms with Crippen LogP contribution in [0.25, 0.3) is 0 Å². The molecule has 36 heavy (non-hydrogen) atoms. The number of aromatic hydroxyl groups is 1. The average Bonchev–Trinajstić information content (AvgIpc) is 3.31. The molecule has 0 aromatic heterocycles. The van der Waals surface area contributed by atoms with Crippen molar-refractivity contribution in [2.45, 2.75) is 70.9 Å². The minimum Gasteiger partial charge on any atom is -0.508 e. The van der Waals surface area contributed by atoms with Gasteiger partial charge < -0.3 is 9.66 Å². The van der Waals surface area contributed by atoms with Gasteiger partial charge in [-0.1, -0.05) is 80.1 Å². The van der Waals surface area contributed by atoms with E-state index in [-0.39, 0.29) is 0 Å². The van der Waals surface area contributed by atoms with Crippen molar-refractivity contribution in [2.75, 3.05) is 0 Å². The van der Waals surface area contributed by atoms with Gasteiger partial charge in [0.1, 0.15) is 5.75 Å². The Balaban J connectivity index is 0.000000149. The minimum atomic E-state index is 0.443. The van der Waals surface area contributed by atoms with Crippen LogP contribution in [0.1, 0.15) is 73.6 Å². The molecule has 190 valence electrons. The standard InChI is InChI=1S/C18H24O.C14H15NOS/c1-18-9-2-3-17(18)16-6-4-12-11-13(19)5-7-14(12)15(16)8-10-18;16-17-15(11-13-7-3-1-4-8-13)12-14-9-5-2-6-10-14/h5,7,11,15-17,19H,2-4,6,8-10H2,1H3;1-10,16H,11-12H2. The Kier molecular flexibility index (Phi) is 8.05. The van der Waals surface area contributed by atoms with E-state index in [4.69, 9.17) is 0 Å². The lowest BCUT2D eigenvalue weighted by atomic mass is 9.56. The van der Waals surface area contributed by atoms with E-state index in [2.05, 4.69) is 37.3 Å². The molecule has 0 aliphatic heterocycles. The molecule has 0 saturated heterocycles. The molecule has 2 N–H and O–H groups in total. The monoisotopic (exact) mass is 501 g/mol. The van der Waals surface area contributed by atoms with Crippen LogP contribution in [0.4, 0.5) is 0 Å². The zero-order valence-corrected chi connectivity index (χ0v) is 22.2. The van der Waals surface area contributed by atoms with Gasteiger partial charge in [0.05, 0.1) is 12.2 Å². The van der Waals surface area contributed by atoms with E-state index >= 15 is 0 Å². The van der Waals surface area contributed by atoms with Crippen LogP contribution in [0.15, 0.2) is 78.9 Å². The van der Waals surface area contributed by atoms with E-state index in [9.17, 15) is 9.66 Å². The summed E-state index contributed by atoms with van der Waals surface area (Å²) >= 11 is 0.793. The van der Waals surface area contributed by atoms with Crippen LogP contribution in [-0.4, -0.2) is 14.0 Å². The van der Waals surface area contributed by atoms with Gasteiger partial charge in [0, 0.05) is 13.1 Å². The fourth-order valence-electron chi connectivity index (χ4n) is 7.25. The van der Waals surface area contributed by atoms with Crippen molar-refractivity contribution in [3.8, 4) is 5.75 Å². The lowest BCUT2D eigenvalue weighted by Crippen LogP contribution is -2.39. The number of nitrogens with zero attached hydrogens (tertiary/aromatic N) is 1. The Bertz CT molecular complexity index is 1080. The molecule has 2 saturated carbocycles. The first-order valence-electron chi connectivity index (χ1n) is 13.5. The molecule has 3 aromatic rings. The maximum Gasteiger partial charge on any atom is 0.115 e. The van der Waals surface area contributed by atoms with E-state index in [1.54, 1.807) is 5.56 Å². The van der Waals surface area contributed by atoms with Crippen molar-refractivity contribution >= 4 is 12.2 Å². The number of fused-ring (bicyclic) bond motifs is 5. The van der Waals surface area contributed by atoms with Crippen LogP contribution < -0.4 is 0 Å². The van der Waals surface area contributed by atoms with Crippen LogP contribution in [0.2, 0.25) is 0 Å². The molecule has 0 spiro atoms. The molecular formula is C32H39NO2S. The highest BCUT2D eigenvalue weighted by Crippen LogP contribution is 2.60. The maximum atomic E-state index is 9.68. The molecule has 0 heterocycles. The molecule has 6 rings (SSSR count). The minimum absolute atomic E-state index is 0.443. The Morgan fingerprint density at radius 1 is 0.861 bits per heavy atom. The second-order valence-corrected chi connectivity index (χ2v) is 11.9. The third-order valence-electron chi connectivity index (χ3n) is 9.01. The number of aryl methyl sites for hydroxylation is 1. The number of hydrogen-bond acceptors (Lipinski definition) is 4. The van der Waals surface area contributed by atoms with Crippen LogP contribution in [0.3, 0.4) is 0 Å². The molecule has 0 bridgehead atoms. The van der Waals surface area contributed by atoms with Gasteiger partial charge in [-0.15, -0.1) is 0 Å². The molecule has 4 unspecified atom stereocenters. The van der Waals surface area contributed by atoms with Gasteiger partial charge in [-0.2, -0.15) is 0 Å². The number of hydrogen-bond donors (Lipinski definition) is 2. The lowest BCUT2D eigenvalue weighted by molar-refractivity contribution is 0.0598. The van der Waals surface area contributed by atoms with Crippen molar-refractivity contribution in [1.82, 2.24) is 4.31 Å². The Hall–Kier alpha value is -2.27. The van der Waals surface area contributed by atoms with Crippen molar-refractivity contribution in [3.05, 3.63) is 101 Å². The van der Waals surface area contributed by atoms with E-state index in [1.165, 1.54) is 61.6 Å². The highest BCUT2D eigenvalue weighted by atomic mass is 32.2. The average molecular weight is 502 g/mol. The van der Waals surface area contributed by atoms with E-state index in [0.717, 1.165) is 43.1 Å². The molecule has 3 aliphatic rings. The van der Waals surface area contributed by atoms with Gasteiger partial charge in [-0.05, 0) is 96.1 Å². The summed E-state index contributed by atoms with van der Waals surface area (Å²) < 4.78 is 11.2.